The Morgan fingerprint density at radius 3 is 2.42 bits per heavy atom. The molecule has 0 saturated carbocycles. The maximum Gasteiger partial charge on any atom is 0.340 e. The summed E-state index contributed by atoms with van der Waals surface area (Å²) in [6.07, 6.45) is 1.25. The molecule has 122 valence electrons. The number of Topliss-reactive ketones (excluding diaryl/α,β-unsaturated/α-hetero) is 1. The monoisotopic (exact) mass is 323 g/mol. The van der Waals surface area contributed by atoms with Crippen molar-refractivity contribution in [3.63, 3.8) is 0 Å². The molecule has 0 atom stereocenters. The van der Waals surface area contributed by atoms with Gasteiger partial charge in [0.25, 0.3) is 0 Å². The second kappa shape index (κ2) is 7.08. The van der Waals surface area contributed by atoms with Crippen LogP contribution in [0.1, 0.15) is 33.6 Å². The molecule has 0 aromatic heterocycles. The van der Waals surface area contributed by atoms with E-state index in [0.29, 0.717) is 29.8 Å². The van der Waals surface area contributed by atoms with E-state index >= 15 is 0 Å². The molecule has 5 heteroatoms. The zero-order valence-corrected chi connectivity index (χ0v) is 13.1. The van der Waals surface area contributed by atoms with E-state index in [4.69, 9.17) is 4.74 Å². The van der Waals surface area contributed by atoms with Gasteiger partial charge in [-0.25, -0.2) is 4.79 Å². The summed E-state index contributed by atoms with van der Waals surface area (Å²) in [6.45, 7) is 0.261. The number of esters is 1. The van der Waals surface area contributed by atoms with Gasteiger partial charge in [0, 0.05) is 18.5 Å². The summed E-state index contributed by atoms with van der Waals surface area (Å²) in [5.41, 5.74) is 1.33. The van der Waals surface area contributed by atoms with E-state index in [9.17, 15) is 14.4 Å². The molecule has 1 amide bonds. The fourth-order valence-electron chi connectivity index (χ4n) is 2.70. The van der Waals surface area contributed by atoms with E-state index in [1.165, 1.54) is 0 Å². The van der Waals surface area contributed by atoms with E-state index in [-0.39, 0.29) is 18.3 Å². The molecule has 3 rings (SSSR count). The lowest BCUT2D eigenvalue weighted by Crippen LogP contribution is -2.26. The number of ether oxygens (including phenoxy) is 1. The zero-order valence-electron chi connectivity index (χ0n) is 13.1. The summed E-state index contributed by atoms with van der Waals surface area (Å²) < 4.78 is 5.15. The molecule has 1 aliphatic rings. The van der Waals surface area contributed by atoms with E-state index < -0.39 is 5.97 Å². The van der Waals surface area contributed by atoms with Gasteiger partial charge in [0.05, 0.1) is 11.3 Å². The Morgan fingerprint density at radius 2 is 1.71 bits per heavy atom. The maximum atomic E-state index is 12.4. The summed E-state index contributed by atoms with van der Waals surface area (Å²) in [5.74, 6) is -0.871. The Morgan fingerprint density at radius 1 is 1.00 bits per heavy atom. The van der Waals surface area contributed by atoms with Crippen molar-refractivity contribution in [2.45, 2.75) is 12.8 Å². The summed E-state index contributed by atoms with van der Waals surface area (Å²) in [5, 5.41) is 0. The molecule has 0 spiro atoms. The number of hydrogen-bond donors (Lipinski definition) is 0. The summed E-state index contributed by atoms with van der Waals surface area (Å²) in [4.78, 5) is 37.9. The van der Waals surface area contributed by atoms with Gasteiger partial charge in [-0.05, 0) is 18.6 Å². The highest BCUT2D eigenvalue weighted by Gasteiger charge is 2.26. The number of anilines is 1. The summed E-state index contributed by atoms with van der Waals surface area (Å²) in [7, 11) is 0. The predicted molar refractivity (Wildman–Crippen MR) is 89.1 cm³/mol. The Kier molecular flexibility index (Phi) is 4.70. The first-order chi connectivity index (χ1) is 11.7. The standard InChI is InChI=1S/C19H17NO4/c21-17(14-7-2-1-3-8-14)13-24-19(23)15-9-4-5-10-16(15)20-12-6-11-18(20)22/h1-5,7-10H,6,11-13H2. The minimum absolute atomic E-state index is 0.00406. The quantitative estimate of drug-likeness (QED) is 0.627. The van der Waals surface area contributed by atoms with Gasteiger partial charge in [-0.15, -0.1) is 0 Å². The number of benzene rings is 2. The van der Waals surface area contributed by atoms with Gasteiger partial charge in [0.15, 0.2) is 12.4 Å². The highest BCUT2D eigenvalue weighted by molar-refractivity contribution is 6.04. The first-order valence-corrected chi connectivity index (χ1v) is 7.81. The number of carbonyl (C=O) groups is 3. The van der Waals surface area contributed by atoms with Gasteiger partial charge in [-0.1, -0.05) is 42.5 Å². The van der Waals surface area contributed by atoms with Gasteiger partial charge in [-0.3, -0.25) is 9.59 Å². The molecule has 1 fully saturated rings. The van der Waals surface area contributed by atoms with E-state index in [1.807, 2.05) is 6.07 Å². The van der Waals surface area contributed by atoms with E-state index in [0.717, 1.165) is 6.42 Å². The summed E-state index contributed by atoms with van der Waals surface area (Å²) >= 11 is 0. The van der Waals surface area contributed by atoms with Crippen molar-refractivity contribution in [3.8, 4) is 0 Å². The van der Waals surface area contributed by atoms with E-state index in [1.54, 1.807) is 53.4 Å². The van der Waals surface area contributed by atoms with Crippen LogP contribution in [0.2, 0.25) is 0 Å². The molecule has 0 bridgehead atoms. The fraction of sp³-hybridized carbons (Fsp3) is 0.211. The zero-order chi connectivity index (χ0) is 16.9. The fourth-order valence-corrected chi connectivity index (χ4v) is 2.70. The number of amides is 1. The first-order valence-electron chi connectivity index (χ1n) is 7.81. The number of carbonyl (C=O) groups excluding carboxylic acids is 3. The lowest BCUT2D eigenvalue weighted by Gasteiger charge is -2.18. The Balaban J connectivity index is 1.72. The minimum Gasteiger partial charge on any atom is -0.454 e. The lowest BCUT2D eigenvalue weighted by atomic mass is 10.1. The number of ketones is 1. The SMILES string of the molecule is O=C(COC(=O)c1ccccc1N1CCCC1=O)c1ccccc1. The third-order valence-corrected chi connectivity index (χ3v) is 3.92. The average molecular weight is 323 g/mol. The number of nitrogens with zero attached hydrogens (tertiary/aromatic N) is 1. The van der Waals surface area contributed by atoms with Crippen LogP contribution in [0.5, 0.6) is 0 Å². The van der Waals surface area contributed by atoms with Crippen LogP contribution in [0.25, 0.3) is 0 Å². The predicted octanol–water partition coefficient (Wildman–Crippen LogP) is 2.85. The number of rotatable bonds is 5. The molecule has 5 nitrogen and oxygen atoms in total. The highest BCUT2D eigenvalue weighted by Crippen LogP contribution is 2.26. The molecule has 1 aliphatic heterocycles. The van der Waals surface area contributed by atoms with Crippen LogP contribution in [-0.4, -0.2) is 30.8 Å². The van der Waals surface area contributed by atoms with Crippen molar-refractivity contribution in [2.75, 3.05) is 18.1 Å². The van der Waals surface area contributed by atoms with Crippen molar-refractivity contribution < 1.29 is 19.1 Å². The average Bonchev–Trinajstić information content (AvgIpc) is 3.06. The van der Waals surface area contributed by atoms with Gasteiger partial charge in [0.1, 0.15) is 0 Å². The molecule has 0 N–H and O–H groups in total. The van der Waals surface area contributed by atoms with Crippen LogP contribution in [0, 0.1) is 0 Å². The molecule has 2 aromatic carbocycles. The maximum absolute atomic E-state index is 12.4. The topological polar surface area (TPSA) is 63.7 Å². The normalized spacial score (nSPS) is 13.8. The van der Waals surface area contributed by atoms with Gasteiger partial charge >= 0.3 is 5.97 Å². The van der Waals surface area contributed by atoms with Crippen LogP contribution in [0.3, 0.4) is 0 Å². The largest absolute Gasteiger partial charge is 0.454 e. The Hall–Kier alpha value is -2.95. The molecule has 0 radical (unpaired) electrons. The lowest BCUT2D eigenvalue weighted by molar-refractivity contribution is -0.117. The Bertz CT molecular complexity index is 770. The molecule has 1 heterocycles. The summed E-state index contributed by atoms with van der Waals surface area (Å²) in [6, 6.07) is 15.5. The third-order valence-electron chi connectivity index (χ3n) is 3.92. The molecular formula is C19H17NO4. The molecule has 1 saturated heterocycles. The van der Waals surface area contributed by atoms with E-state index in [2.05, 4.69) is 0 Å². The molecule has 24 heavy (non-hydrogen) atoms. The molecular weight excluding hydrogens is 306 g/mol. The molecule has 2 aromatic rings. The van der Waals surface area contributed by atoms with Gasteiger partial charge < -0.3 is 9.64 Å². The smallest absolute Gasteiger partial charge is 0.340 e. The van der Waals surface area contributed by atoms with Crippen LogP contribution in [0.15, 0.2) is 54.6 Å². The van der Waals surface area contributed by atoms with Crippen molar-refractivity contribution in [1.82, 2.24) is 0 Å². The second-order valence-electron chi connectivity index (χ2n) is 5.53. The van der Waals surface area contributed by atoms with Gasteiger partial charge in [0.2, 0.25) is 5.91 Å². The van der Waals surface area contributed by atoms with Crippen molar-refractivity contribution in [2.24, 2.45) is 0 Å². The van der Waals surface area contributed by atoms with Crippen LogP contribution >= 0.6 is 0 Å². The molecule has 0 unspecified atom stereocenters. The highest BCUT2D eigenvalue weighted by atomic mass is 16.5. The van der Waals surface area contributed by atoms with Crippen molar-refractivity contribution in [1.29, 1.82) is 0 Å². The molecule has 0 aliphatic carbocycles. The van der Waals surface area contributed by atoms with Crippen LogP contribution < -0.4 is 4.90 Å². The van der Waals surface area contributed by atoms with Gasteiger partial charge in [-0.2, -0.15) is 0 Å². The van der Waals surface area contributed by atoms with Crippen LogP contribution in [-0.2, 0) is 9.53 Å². The van der Waals surface area contributed by atoms with Crippen molar-refractivity contribution in [3.05, 3.63) is 65.7 Å². The number of para-hydroxylation sites is 1. The second-order valence-corrected chi connectivity index (χ2v) is 5.53. The number of hydrogen-bond acceptors (Lipinski definition) is 4. The first kappa shape index (κ1) is 15.9. The third kappa shape index (κ3) is 3.35. The Labute approximate surface area is 139 Å². The van der Waals surface area contributed by atoms with Crippen molar-refractivity contribution >= 4 is 23.3 Å². The minimum atomic E-state index is -0.602. The van der Waals surface area contributed by atoms with Crippen LogP contribution in [0.4, 0.5) is 5.69 Å².